The number of ether oxygens (including phenoxy) is 2. The van der Waals surface area contributed by atoms with Gasteiger partial charge in [-0.25, -0.2) is 4.79 Å². The molecule has 2 aromatic rings. The first-order valence-corrected chi connectivity index (χ1v) is 6.77. The van der Waals surface area contributed by atoms with Crippen molar-refractivity contribution in [1.82, 2.24) is 0 Å². The van der Waals surface area contributed by atoms with Crippen molar-refractivity contribution in [3.8, 4) is 5.75 Å². The van der Waals surface area contributed by atoms with Crippen LogP contribution in [0.4, 0.5) is 5.69 Å². The molecule has 2 rings (SSSR count). The maximum Gasteiger partial charge on any atom is 0.337 e. The highest BCUT2D eigenvalue weighted by atomic mass is 16.5. The maximum absolute atomic E-state index is 11.5. The summed E-state index contributed by atoms with van der Waals surface area (Å²) in [4.78, 5) is 22.7. The molecule has 0 fully saturated rings. The molecule has 0 unspecified atom stereocenters. The lowest BCUT2D eigenvalue weighted by molar-refractivity contribution is -0.114. The number of para-hydroxylation sites is 2. The zero-order valence-corrected chi connectivity index (χ0v) is 12.5. The largest absolute Gasteiger partial charge is 0.487 e. The molecule has 0 heterocycles. The van der Waals surface area contributed by atoms with E-state index in [9.17, 15) is 9.59 Å². The molecular formula is C17H17NO4. The molecule has 22 heavy (non-hydrogen) atoms. The molecule has 0 aliphatic rings. The van der Waals surface area contributed by atoms with Crippen LogP contribution in [0.1, 0.15) is 22.8 Å². The fourth-order valence-corrected chi connectivity index (χ4v) is 1.95. The number of rotatable bonds is 5. The molecule has 0 saturated carbocycles. The molecule has 2 aromatic carbocycles. The van der Waals surface area contributed by atoms with Gasteiger partial charge in [-0.2, -0.15) is 0 Å². The molecule has 0 radical (unpaired) electrons. The van der Waals surface area contributed by atoms with E-state index < -0.39 is 0 Å². The summed E-state index contributed by atoms with van der Waals surface area (Å²) in [6.45, 7) is 1.72. The number of benzene rings is 2. The van der Waals surface area contributed by atoms with Crippen LogP contribution in [0.2, 0.25) is 0 Å². The van der Waals surface area contributed by atoms with Crippen LogP contribution in [0.3, 0.4) is 0 Å². The Hall–Kier alpha value is -2.82. The SMILES string of the molecule is COC(=O)c1cccc(COc2ccccc2NC(C)=O)c1. The molecule has 0 aliphatic heterocycles. The van der Waals surface area contributed by atoms with Gasteiger partial charge in [-0.3, -0.25) is 4.79 Å². The third-order valence-corrected chi connectivity index (χ3v) is 2.94. The van der Waals surface area contributed by atoms with Crippen molar-refractivity contribution in [2.75, 3.05) is 12.4 Å². The summed E-state index contributed by atoms with van der Waals surface area (Å²) in [5.74, 6) is 0.0189. The van der Waals surface area contributed by atoms with Gasteiger partial charge >= 0.3 is 5.97 Å². The number of anilines is 1. The molecule has 0 aromatic heterocycles. The molecule has 114 valence electrons. The second-order valence-electron chi connectivity index (χ2n) is 4.66. The van der Waals surface area contributed by atoms with E-state index in [1.54, 1.807) is 30.3 Å². The molecule has 0 aliphatic carbocycles. The summed E-state index contributed by atoms with van der Waals surface area (Å²) < 4.78 is 10.4. The van der Waals surface area contributed by atoms with Crippen LogP contribution in [0.25, 0.3) is 0 Å². The van der Waals surface area contributed by atoms with Gasteiger partial charge in [0.25, 0.3) is 0 Å². The minimum Gasteiger partial charge on any atom is -0.487 e. The van der Waals surface area contributed by atoms with Crippen LogP contribution in [0, 0.1) is 0 Å². The smallest absolute Gasteiger partial charge is 0.337 e. The van der Waals surface area contributed by atoms with Crippen LogP contribution in [0.15, 0.2) is 48.5 Å². The third kappa shape index (κ3) is 4.09. The van der Waals surface area contributed by atoms with Crippen molar-refractivity contribution < 1.29 is 19.1 Å². The molecule has 5 heteroatoms. The van der Waals surface area contributed by atoms with Gasteiger partial charge < -0.3 is 14.8 Å². The lowest BCUT2D eigenvalue weighted by Crippen LogP contribution is -2.08. The first-order chi connectivity index (χ1) is 10.6. The Morgan fingerprint density at radius 1 is 1.09 bits per heavy atom. The lowest BCUT2D eigenvalue weighted by atomic mass is 10.1. The van der Waals surface area contributed by atoms with Crippen molar-refractivity contribution in [2.45, 2.75) is 13.5 Å². The van der Waals surface area contributed by atoms with Crippen molar-refractivity contribution >= 4 is 17.6 Å². The Morgan fingerprint density at radius 3 is 2.59 bits per heavy atom. The summed E-state index contributed by atoms with van der Waals surface area (Å²) in [6, 6.07) is 14.2. The zero-order chi connectivity index (χ0) is 15.9. The van der Waals surface area contributed by atoms with E-state index >= 15 is 0 Å². The first kappa shape index (κ1) is 15.6. The number of esters is 1. The Morgan fingerprint density at radius 2 is 1.86 bits per heavy atom. The summed E-state index contributed by atoms with van der Waals surface area (Å²) in [7, 11) is 1.34. The number of hydrogen-bond donors (Lipinski definition) is 1. The van der Waals surface area contributed by atoms with Crippen LogP contribution >= 0.6 is 0 Å². The van der Waals surface area contributed by atoms with Crippen molar-refractivity contribution in [3.63, 3.8) is 0 Å². The fraction of sp³-hybridized carbons (Fsp3) is 0.176. The molecule has 1 N–H and O–H groups in total. The molecule has 0 atom stereocenters. The second kappa shape index (κ2) is 7.26. The van der Waals surface area contributed by atoms with Gasteiger partial charge in [0.15, 0.2) is 0 Å². The highest BCUT2D eigenvalue weighted by Gasteiger charge is 2.08. The number of carbonyl (C=O) groups excluding carboxylic acids is 2. The van der Waals surface area contributed by atoms with E-state index in [0.29, 0.717) is 17.0 Å². The molecule has 0 saturated heterocycles. The summed E-state index contributed by atoms with van der Waals surface area (Å²) >= 11 is 0. The average Bonchev–Trinajstić information content (AvgIpc) is 2.53. The normalized spacial score (nSPS) is 9.91. The Balaban J connectivity index is 2.10. The molecule has 1 amide bonds. The lowest BCUT2D eigenvalue weighted by Gasteiger charge is -2.12. The van der Waals surface area contributed by atoms with Crippen molar-refractivity contribution in [2.24, 2.45) is 0 Å². The van der Waals surface area contributed by atoms with Gasteiger partial charge in [0, 0.05) is 6.92 Å². The van der Waals surface area contributed by atoms with Gasteiger partial charge in [0.1, 0.15) is 12.4 Å². The van der Waals surface area contributed by atoms with Gasteiger partial charge in [0.2, 0.25) is 5.91 Å². The second-order valence-corrected chi connectivity index (χ2v) is 4.66. The van der Waals surface area contributed by atoms with E-state index in [0.717, 1.165) is 5.56 Å². The number of hydrogen-bond acceptors (Lipinski definition) is 4. The van der Waals surface area contributed by atoms with Gasteiger partial charge in [-0.1, -0.05) is 24.3 Å². The Bertz CT molecular complexity index is 682. The topological polar surface area (TPSA) is 64.6 Å². The van der Waals surface area contributed by atoms with E-state index in [2.05, 4.69) is 10.1 Å². The molecule has 5 nitrogen and oxygen atoms in total. The van der Waals surface area contributed by atoms with Gasteiger partial charge in [-0.05, 0) is 29.8 Å². The summed E-state index contributed by atoms with van der Waals surface area (Å²) in [6.07, 6.45) is 0. The van der Waals surface area contributed by atoms with Crippen LogP contribution in [-0.2, 0) is 16.1 Å². The first-order valence-electron chi connectivity index (χ1n) is 6.77. The fourth-order valence-electron chi connectivity index (χ4n) is 1.95. The van der Waals surface area contributed by atoms with E-state index in [-0.39, 0.29) is 18.5 Å². The van der Waals surface area contributed by atoms with Crippen molar-refractivity contribution in [1.29, 1.82) is 0 Å². The number of nitrogens with one attached hydrogen (secondary N) is 1. The molecule has 0 bridgehead atoms. The highest BCUT2D eigenvalue weighted by molar-refractivity contribution is 5.90. The Labute approximate surface area is 128 Å². The minimum absolute atomic E-state index is 0.163. The third-order valence-electron chi connectivity index (χ3n) is 2.94. The predicted octanol–water partition coefficient (Wildman–Crippen LogP) is 3.01. The summed E-state index contributed by atoms with van der Waals surface area (Å²) in [5, 5.41) is 2.71. The summed E-state index contributed by atoms with van der Waals surface area (Å²) in [5.41, 5.74) is 1.92. The number of methoxy groups -OCH3 is 1. The molecular weight excluding hydrogens is 282 g/mol. The molecule has 0 spiro atoms. The average molecular weight is 299 g/mol. The minimum atomic E-state index is -0.388. The maximum atomic E-state index is 11.5. The Kier molecular flexibility index (Phi) is 5.14. The standard InChI is InChI=1S/C17H17NO4/c1-12(19)18-15-8-3-4-9-16(15)22-11-13-6-5-7-14(10-13)17(20)21-2/h3-10H,11H2,1-2H3,(H,18,19). The zero-order valence-electron chi connectivity index (χ0n) is 12.5. The van der Waals surface area contributed by atoms with Crippen LogP contribution < -0.4 is 10.1 Å². The van der Waals surface area contributed by atoms with E-state index in [1.165, 1.54) is 14.0 Å². The highest BCUT2D eigenvalue weighted by Crippen LogP contribution is 2.24. The number of amides is 1. The quantitative estimate of drug-likeness (QED) is 0.862. The predicted molar refractivity (Wildman–Crippen MR) is 82.9 cm³/mol. The van der Waals surface area contributed by atoms with Gasteiger partial charge in [0.05, 0.1) is 18.4 Å². The monoisotopic (exact) mass is 299 g/mol. The van der Waals surface area contributed by atoms with E-state index in [4.69, 9.17) is 4.74 Å². The van der Waals surface area contributed by atoms with Crippen molar-refractivity contribution in [3.05, 3.63) is 59.7 Å². The van der Waals surface area contributed by atoms with Crippen LogP contribution in [-0.4, -0.2) is 19.0 Å². The number of carbonyl (C=O) groups is 2. The van der Waals surface area contributed by atoms with E-state index in [1.807, 2.05) is 18.2 Å². The van der Waals surface area contributed by atoms with Crippen LogP contribution in [0.5, 0.6) is 5.75 Å². The van der Waals surface area contributed by atoms with Gasteiger partial charge in [-0.15, -0.1) is 0 Å².